The van der Waals surface area contributed by atoms with Crippen molar-refractivity contribution in [2.45, 2.75) is 25.7 Å². The quantitative estimate of drug-likeness (QED) is 0.512. The average molecular weight is 288 g/mol. The van der Waals surface area contributed by atoms with Crippen LogP contribution >= 0.6 is 0 Å². The number of nitrogens with two attached hydrogens (primary N) is 1. The number of aliphatic hydroxyl groups is 1. The Bertz CT molecular complexity index is 544. The zero-order chi connectivity index (χ0) is 15.5. The van der Waals surface area contributed by atoms with Crippen LogP contribution in [-0.4, -0.2) is 30.1 Å². The van der Waals surface area contributed by atoms with Crippen LogP contribution in [0.15, 0.2) is 24.3 Å². The average Bonchev–Trinajstić information content (AvgIpc) is 2.47. The van der Waals surface area contributed by atoms with Gasteiger partial charge in [0.2, 0.25) is 5.91 Å². The molecule has 0 aliphatic heterocycles. The molecule has 5 nitrogen and oxygen atoms in total. The Morgan fingerprint density at radius 3 is 2.71 bits per heavy atom. The lowest BCUT2D eigenvalue weighted by molar-refractivity contribution is -0.118. The lowest BCUT2D eigenvalue weighted by atomic mass is 10.1. The first-order valence-corrected chi connectivity index (χ1v) is 6.90. The van der Waals surface area contributed by atoms with Gasteiger partial charge in [-0.1, -0.05) is 24.0 Å². The number of carbonyl (C=O) groups is 2. The van der Waals surface area contributed by atoms with E-state index in [1.165, 1.54) is 0 Å². The molecular formula is C16H20N2O3. The van der Waals surface area contributed by atoms with Gasteiger partial charge >= 0.3 is 0 Å². The summed E-state index contributed by atoms with van der Waals surface area (Å²) >= 11 is 0. The summed E-state index contributed by atoms with van der Waals surface area (Å²) < 4.78 is 0. The molecule has 112 valence electrons. The second kappa shape index (κ2) is 9.56. The van der Waals surface area contributed by atoms with E-state index >= 15 is 0 Å². The molecule has 21 heavy (non-hydrogen) atoms. The van der Waals surface area contributed by atoms with Crippen LogP contribution in [0.5, 0.6) is 0 Å². The summed E-state index contributed by atoms with van der Waals surface area (Å²) in [6, 6.07) is 7.07. The minimum Gasteiger partial charge on any atom is -0.395 e. The number of carbonyl (C=O) groups excluding carboxylic acids is 2. The highest BCUT2D eigenvalue weighted by molar-refractivity contribution is 5.96. The fourth-order valence-electron chi connectivity index (χ4n) is 1.73. The topological polar surface area (TPSA) is 92.4 Å². The van der Waals surface area contributed by atoms with Crippen LogP contribution in [0.25, 0.3) is 0 Å². The lowest BCUT2D eigenvalue weighted by Crippen LogP contribution is -2.25. The summed E-state index contributed by atoms with van der Waals surface area (Å²) in [7, 11) is 0. The van der Waals surface area contributed by atoms with Gasteiger partial charge in [0, 0.05) is 24.9 Å². The Morgan fingerprint density at radius 2 is 2.00 bits per heavy atom. The predicted octanol–water partition coefficient (Wildman–Crippen LogP) is 0.806. The molecule has 0 aromatic heterocycles. The first kappa shape index (κ1) is 16.7. The maximum Gasteiger partial charge on any atom is 0.252 e. The van der Waals surface area contributed by atoms with Gasteiger partial charge in [-0.15, -0.1) is 0 Å². The van der Waals surface area contributed by atoms with E-state index in [-0.39, 0.29) is 18.4 Å². The molecule has 0 atom stereocenters. The molecule has 1 rings (SSSR count). The van der Waals surface area contributed by atoms with Crippen LogP contribution in [0.2, 0.25) is 0 Å². The van der Waals surface area contributed by atoms with Crippen molar-refractivity contribution in [1.82, 2.24) is 5.32 Å². The fourth-order valence-corrected chi connectivity index (χ4v) is 1.73. The Balaban J connectivity index is 2.54. The minimum absolute atomic E-state index is 0.00122. The van der Waals surface area contributed by atoms with Crippen LogP contribution in [0, 0.1) is 11.8 Å². The van der Waals surface area contributed by atoms with Crippen molar-refractivity contribution >= 4 is 11.8 Å². The van der Waals surface area contributed by atoms with Crippen molar-refractivity contribution in [3.63, 3.8) is 0 Å². The molecular weight excluding hydrogens is 268 g/mol. The number of nitrogens with one attached hydrogen (secondary N) is 1. The number of benzene rings is 1. The van der Waals surface area contributed by atoms with E-state index in [2.05, 4.69) is 17.2 Å². The zero-order valence-electron chi connectivity index (χ0n) is 11.9. The second-order valence-corrected chi connectivity index (χ2v) is 4.50. The molecule has 2 amide bonds. The van der Waals surface area contributed by atoms with Gasteiger partial charge in [0.05, 0.1) is 12.2 Å². The van der Waals surface area contributed by atoms with Gasteiger partial charge in [-0.2, -0.15) is 0 Å². The molecule has 0 fully saturated rings. The molecule has 0 saturated heterocycles. The van der Waals surface area contributed by atoms with Crippen molar-refractivity contribution in [1.29, 1.82) is 0 Å². The van der Waals surface area contributed by atoms with Crippen molar-refractivity contribution in [2.75, 3.05) is 13.2 Å². The summed E-state index contributed by atoms with van der Waals surface area (Å²) in [5.74, 6) is 5.16. The van der Waals surface area contributed by atoms with Crippen molar-refractivity contribution in [3.05, 3.63) is 35.4 Å². The molecule has 0 unspecified atom stereocenters. The lowest BCUT2D eigenvalue weighted by Gasteiger charge is -2.06. The summed E-state index contributed by atoms with van der Waals surface area (Å²) in [6.45, 7) is 0.492. The third-order valence-electron chi connectivity index (χ3n) is 2.77. The maximum atomic E-state index is 12.1. The number of aliphatic hydroxyl groups excluding tert-OH is 1. The van der Waals surface area contributed by atoms with E-state index in [9.17, 15) is 9.59 Å². The number of rotatable bonds is 7. The first-order chi connectivity index (χ1) is 10.1. The molecule has 0 heterocycles. The van der Waals surface area contributed by atoms with E-state index in [1.807, 2.05) is 6.07 Å². The standard InChI is InChI=1S/C16H20N2O3/c17-15(20)10-3-5-11-18-16(21)14-9-2-1-7-13(14)8-4-6-12-19/h1-2,7,9,19H,3,5-6,10-12H2,(H2,17,20)(H,18,21). The van der Waals surface area contributed by atoms with Crippen LogP contribution in [0.1, 0.15) is 41.6 Å². The molecule has 1 aromatic rings. The second-order valence-electron chi connectivity index (χ2n) is 4.50. The van der Waals surface area contributed by atoms with Crippen molar-refractivity contribution in [3.8, 4) is 11.8 Å². The Labute approximate surface area is 124 Å². The summed E-state index contributed by atoms with van der Waals surface area (Å²) in [6.07, 6.45) is 2.07. The summed E-state index contributed by atoms with van der Waals surface area (Å²) in [4.78, 5) is 22.7. The van der Waals surface area contributed by atoms with Gasteiger partial charge in [0.1, 0.15) is 0 Å². The molecule has 0 aliphatic carbocycles. The summed E-state index contributed by atoms with van der Waals surface area (Å²) in [5.41, 5.74) is 6.20. The largest absolute Gasteiger partial charge is 0.395 e. The SMILES string of the molecule is NC(=O)CCCCNC(=O)c1ccccc1C#CCCO. The minimum atomic E-state index is -0.328. The van der Waals surface area contributed by atoms with E-state index in [0.29, 0.717) is 43.4 Å². The van der Waals surface area contributed by atoms with Crippen LogP contribution in [0.3, 0.4) is 0 Å². The molecule has 0 saturated carbocycles. The van der Waals surface area contributed by atoms with E-state index in [4.69, 9.17) is 10.8 Å². The zero-order valence-corrected chi connectivity index (χ0v) is 11.9. The maximum absolute atomic E-state index is 12.1. The molecule has 5 heteroatoms. The van der Waals surface area contributed by atoms with Gasteiger partial charge in [0.15, 0.2) is 0 Å². The third-order valence-corrected chi connectivity index (χ3v) is 2.77. The molecule has 1 aromatic carbocycles. The molecule has 0 radical (unpaired) electrons. The van der Waals surface area contributed by atoms with Gasteiger partial charge < -0.3 is 16.2 Å². The monoisotopic (exact) mass is 288 g/mol. The Kier molecular flexibility index (Phi) is 7.62. The third kappa shape index (κ3) is 6.59. The van der Waals surface area contributed by atoms with Crippen LogP contribution in [0.4, 0.5) is 0 Å². The number of amides is 2. The van der Waals surface area contributed by atoms with Crippen LogP contribution < -0.4 is 11.1 Å². The predicted molar refractivity (Wildman–Crippen MR) is 80.4 cm³/mol. The molecule has 0 bridgehead atoms. The number of unbranched alkanes of at least 4 members (excludes halogenated alkanes) is 1. The van der Waals surface area contributed by atoms with E-state index in [0.717, 1.165) is 0 Å². The van der Waals surface area contributed by atoms with Crippen molar-refractivity contribution < 1.29 is 14.7 Å². The highest BCUT2D eigenvalue weighted by atomic mass is 16.2. The molecule has 4 N–H and O–H groups in total. The fraction of sp³-hybridized carbons (Fsp3) is 0.375. The number of hydrogen-bond acceptors (Lipinski definition) is 3. The van der Waals surface area contributed by atoms with Gasteiger partial charge in [-0.05, 0) is 25.0 Å². The van der Waals surface area contributed by atoms with E-state index < -0.39 is 0 Å². The highest BCUT2D eigenvalue weighted by Crippen LogP contribution is 2.07. The first-order valence-electron chi connectivity index (χ1n) is 6.90. The summed E-state index contributed by atoms with van der Waals surface area (Å²) in [5, 5.41) is 11.5. The Hall–Kier alpha value is -2.32. The number of hydrogen-bond donors (Lipinski definition) is 3. The molecule has 0 spiro atoms. The van der Waals surface area contributed by atoms with Gasteiger partial charge in [0.25, 0.3) is 5.91 Å². The van der Waals surface area contributed by atoms with Gasteiger partial charge in [-0.25, -0.2) is 0 Å². The highest BCUT2D eigenvalue weighted by Gasteiger charge is 2.08. The number of primary amides is 1. The Morgan fingerprint density at radius 1 is 1.24 bits per heavy atom. The van der Waals surface area contributed by atoms with Gasteiger partial charge in [-0.3, -0.25) is 9.59 Å². The smallest absolute Gasteiger partial charge is 0.252 e. The van der Waals surface area contributed by atoms with E-state index in [1.54, 1.807) is 18.2 Å². The normalized spacial score (nSPS) is 9.57. The van der Waals surface area contributed by atoms with Crippen molar-refractivity contribution in [2.24, 2.45) is 5.73 Å². The van der Waals surface area contributed by atoms with Crippen LogP contribution in [-0.2, 0) is 4.79 Å². The molecule has 0 aliphatic rings.